The minimum atomic E-state index is -0.258. The molecule has 0 aromatic heterocycles. The Hall–Kier alpha value is -2.28. The Morgan fingerprint density at radius 3 is 2.48 bits per heavy atom. The van der Waals surface area contributed by atoms with Crippen molar-refractivity contribution in [3.63, 3.8) is 0 Å². The van der Waals surface area contributed by atoms with Crippen LogP contribution < -0.4 is 15.2 Å². The van der Waals surface area contributed by atoms with Crippen molar-refractivity contribution >= 4 is 11.8 Å². The summed E-state index contributed by atoms with van der Waals surface area (Å²) in [7, 11) is 3.32. The highest BCUT2D eigenvalue weighted by molar-refractivity contribution is 5.80. The molecule has 2 aliphatic heterocycles. The third-order valence-electron chi connectivity index (χ3n) is 5.75. The van der Waals surface area contributed by atoms with Gasteiger partial charge in [0.15, 0.2) is 0 Å². The standard InChI is InChI=1S/C20H29N3O4/c1-26-15-5-6-18(27-2)16(12-15)17-4-3-9-23(17)13-19(24)22-10-7-14(8-11-22)20(21)25/h5-6,12,14,17H,3-4,7-11,13H2,1-2H3,(H2,21,25). The number of carbonyl (C=O) groups excluding carboxylic acids is 2. The molecule has 2 N–H and O–H groups in total. The van der Waals surface area contributed by atoms with Crippen molar-refractivity contribution in [2.24, 2.45) is 11.7 Å². The van der Waals surface area contributed by atoms with Gasteiger partial charge in [-0.2, -0.15) is 0 Å². The number of carbonyl (C=O) groups is 2. The predicted molar refractivity (Wildman–Crippen MR) is 102 cm³/mol. The van der Waals surface area contributed by atoms with Crippen molar-refractivity contribution < 1.29 is 19.1 Å². The SMILES string of the molecule is COc1ccc(OC)c(C2CCCN2CC(=O)N2CCC(C(N)=O)CC2)c1. The van der Waals surface area contributed by atoms with Crippen LogP contribution in [-0.4, -0.2) is 62.0 Å². The monoisotopic (exact) mass is 375 g/mol. The van der Waals surface area contributed by atoms with Crippen LogP contribution >= 0.6 is 0 Å². The highest BCUT2D eigenvalue weighted by Gasteiger charge is 2.32. The van der Waals surface area contributed by atoms with Crippen LogP contribution in [-0.2, 0) is 9.59 Å². The second kappa shape index (κ2) is 8.61. The third kappa shape index (κ3) is 4.35. The summed E-state index contributed by atoms with van der Waals surface area (Å²) in [5, 5.41) is 0. The van der Waals surface area contributed by atoms with E-state index in [2.05, 4.69) is 4.90 Å². The summed E-state index contributed by atoms with van der Waals surface area (Å²) >= 11 is 0. The lowest BCUT2D eigenvalue weighted by Gasteiger charge is -2.33. The molecule has 7 nitrogen and oxygen atoms in total. The van der Waals surface area contributed by atoms with Crippen LogP contribution in [0.25, 0.3) is 0 Å². The molecule has 0 bridgehead atoms. The molecule has 0 spiro atoms. The maximum Gasteiger partial charge on any atom is 0.236 e. The van der Waals surface area contributed by atoms with Crippen LogP contribution in [0.1, 0.15) is 37.3 Å². The third-order valence-corrected chi connectivity index (χ3v) is 5.75. The number of rotatable bonds is 6. The maximum absolute atomic E-state index is 12.8. The van der Waals surface area contributed by atoms with E-state index in [1.165, 1.54) is 0 Å². The van der Waals surface area contributed by atoms with Crippen molar-refractivity contribution in [2.45, 2.75) is 31.7 Å². The number of hydrogen-bond donors (Lipinski definition) is 1. The maximum atomic E-state index is 12.8. The minimum Gasteiger partial charge on any atom is -0.497 e. The van der Waals surface area contributed by atoms with Crippen LogP contribution in [0.15, 0.2) is 18.2 Å². The molecular weight excluding hydrogens is 346 g/mol. The van der Waals surface area contributed by atoms with Crippen LogP contribution in [0.5, 0.6) is 11.5 Å². The van der Waals surface area contributed by atoms with Crippen molar-refractivity contribution in [3.8, 4) is 11.5 Å². The van der Waals surface area contributed by atoms with E-state index in [1.54, 1.807) is 14.2 Å². The van der Waals surface area contributed by atoms with E-state index in [4.69, 9.17) is 15.2 Å². The quantitative estimate of drug-likeness (QED) is 0.816. The molecule has 1 aromatic carbocycles. The first-order valence-electron chi connectivity index (χ1n) is 9.56. The average Bonchev–Trinajstić information content (AvgIpc) is 3.15. The van der Waals surface area contributed by atoms with E-state index in [0.29, 0.717) is 32.5 Å². The van der Waals surface area contributed by atoms with Gasteiger partial charge < -0.3 is 20.1 Å². The summed E-state index contributed by atoms with van der Waals surface area (Å²) in [6, 6.07) is 5.95. The van der Waals surface area contributed by atoms with Gasteiger partial charge in [-0.05, 0) is 50.4 Å². The Morgan fingerprint density at radius 1 is 1.11 bits per heavy atom. The number of ether oxygens (including phenoxy) is 2. The predicted octanol–water partition coefficient (Wildman–Crippen LogP) is 1.56. The first-order chi connectivity index (χ1) is 13.0. The first kappa shape index (κ1) is 19.5. The molecule has 0 aliphatic carbocycles. The normalized spacial score (nSPS) is 21.3. The molecule has 0 radical (unpaired) electrons. The number of hydrogen-bond acceptors (Lipinski definition) is 5. The van der Waals surface area contributed by atoms with Crippen LogP contribution in [0.4, 0.5) is 0 Å². The largest absolute Gasteiger partial charge is 0.497 e. The van der Waals surface area contributed by atoms with Gasteiger partial charge in [0.2, 0.25) is 11.8 Å². The lowest BCUT2D eigenvalue weighted by molar-refractivity contribution is -0.136. The highest BCUT2D eigenvalue weighted by Crippen LogP contribution is 2.38. The number of methoxy groups -OCH3 is 2. The molecular formula is C20H29N3O4. The summed E-state index contributed by atoms with van der Waals surface area (Å²) in [5.41, 5.74) is 6.45. The molecule has 1 atom stereocenters. The lowest BCUT2D eigenvalue weighted by atomic mass is 9.96. The number of likely N-dealkylation sites (tertiary alicyclic amines) is 2. The smallest absolute Gasteiger partial charge is 0.236 e. The van der Waals surface area contributed by atoms with Crippen LogP contribution in [0.3, 0.4) is 0 Å². The van der Waals surface area contributed by atoms with Gasteiger partial charge in [-0.25, -0.2) is 0 Å². The summed E-state index contributed by atoms with van der Waals surface area (Å²) < 4.78 is 10.9. The van der Waals surface area contributed by atoms with Gasteiger partial charge in [0.25, 0.3) is 0 Å². The van der Waals surface area contributed by atoms with Gasteiger partial charge in [0.1, 0.15) is 11.5 Å². The van der Waals surface area contributed by atoms with Gasteiger partial charge in [0, 0.05) is 30.6 Å². The van der Waals surface area contributed by atoms with Crippen molar-refractivity contribution in [3.05, 3.63) is 23.8 Å². The fourth-order valence-corrected chi connectivity index (χ4v) is 4.15. The van der Waals surface area contributed by atoms with Gasteiger partial charge in [-0.3, -0.25) is 14.5 Å². The van der Waals surface area contributed by atoms with Crippen LogP contribution in [0, 0.1) is 5.92 Å². The van der Waals surface area contributed by atoms with Gasteiger partial charge in [-0.1, -0.05) is 0 Å². The second-order valence-corrected chi connectivity index (χ2v) is 7.29. The summed E-state index contributed by atoms with van der Waals surface area (Å²) in [5.74, 6) is 1.37. The lowest BCUT2D eigenvalue weighted by Crippen LogP contribution is -2.45. The molecule has 2 aliphatic rings. The second-order valence-electron chi connectivity index (χ2n) is 7.29. The fourth-order valence-electron chi connectivity index (χ4n) is 4.15. The number of benzene rings is 1. The molecule has 2 saturated heterocycles. The van der Waals surface area contributed by atoms with Crippen molar-refractivity contribution in [1.82, 2.24) is 9.80 Å². The van der Waals surface area contributed by atoms with Crippen molar-refractivity contribution in [1.29, 1.82) is 0 Å². The highest BCUT2D eigenvalue weighted by atomic mass is 16.5. The first-order valence-corrected chi connectivity index (χ1v) is 9.56. The van der Waals surface area contributed by atoms with E-state index in [-0.39, 0.29) is 23.8 Å². The van der Waals surface area contributed by atoms with E-state index >= 15 is 0 Å². The minimum absolute atomic E-state index is 0.102. The van der Waals surface area contributed by atoms with E-state index in [0.717, 1.165) is 36.4 Å². The summed E-state index contributed by atoms with van der Waals surface area (Å²) in [6.45, 7) is 2.47. The van der Waals surface area contributed by atoms with E-state index in [1.807, 2.05) is 23.1 Å². The molecule has 2 amide bonds. The van der Waals surface area contributed by atoms with Crippen molar-refractivity contribution in [2.75, 3.05) is 40.4 Å². The van der Waals surface area contributed by atoms with Crippen LogP contribution in [0.2, 0.25) is 0 Å². The molecule has 1 unspecified atom stereocenters. The Labute approximate surface area is 160 Å². The Balaban J connectivity index is 1.67. The van der Waals surface area contributed by atoms with Gasteiger partial charge in [-0.15, -0.1) is 0 Å². The molecule has 2 heterocycles. The van der Waals surface area contributed by atoms with E-state index < -0.39 is 0 Å². The molecule has 0 saturated carbocycles. The zero-order valence-corrected chi connectivity index (χ0v) is 16.1. The summed E-state index contributed by atoms with van der Waals surface area (Å²) in [6.07, 6.45) is 3.35. The molecule has 27 heavy (non-hydrogen) atoms. The average molecular weight is 375 g/mol. The Kier molecular flexibility index (Phi) is 6.21. The number of primary amides is 1. The number of nitrogens with two attached hydrogens (primary N) is 1. The number of amides is 2. The molecule has 7 heteroatoms. The fraction of sp³-hybridized carbons (Fsp3) is 0.600. The molecule has 3 rings (SSSR count). The van der Waals surface area contributed by atoms with Gasteiger partial charge >= 0.3 is 0 Å². The zero-order chi connectivity index (χ0) is 19.4. The molecule has 1 aromatic rings. The van der Waals surface area contributed by atoms with Gasteiger partial charge in [0.05, 0.1) is 20.8 Å². The number of piperidine rings is 1. The topological polar surface area (TPSA) is 85.1 Å². The Bertz CT molecular complexity index is 686. The Morgan fingerprint density at radius 2 is 1.85 bits per heavy atom. The molecule has 148 valence electrons. The molecule has 2 fully saturated rings. The zero-order valence-electron chi connectivity index (χ0n) is 16.1. The summed E-state index contributed by atoms with van der Waals surface area (Å²) in [4.78, 5) is 28.2. The van der Waals surface area contributed by atoms with E-state index in [9.17, 15) is 9.59 Å². The number of nitrogens with zero attached hydrogens (tertiary/aromatic N) is 2.